The fraction of sp³-hybridized carbons (Fsp3) is 0.214. The number of benzene rings is 3. The minimum absolute atomic E-state index is 0.0650. The largest absolute Gasteiger partial charge is 0.507 e. The maximum atomic E-state index is 13.2. The molecule has 0 aromatic heterocycles. The number of halogens is 1. The molecule has 1 heterocycles. The number of aryl methyl sites for hydroxylation is 1. The zero-order chi connectivity index (χ0) is 25.1. The molecule has 4 rings (SSSR count). The van der Waals surface area contributed by atoms with Crippen LogP contribution >= 0.6 is 11.6 Å². The lowest BCUT2D eigenvalue weighted by molar-refractivity contribution is -0.139. The molecule has 3 aromatic carbocycles. The molecule has 0 bridgehead atoms. The molecule has 0 saturated carbocycles. The van der Waals surface area contributed by atoms with Crippen molar-refractivity contribution in [2.24, 2.45) is 0 Å². The number of Topliss-reactive ketones (excluding diaryl/α,β-unsaturated/α-hetero) is 1. The van der Waals surface area contributed by atoms with Crippen molar-refractivity contribution in [1.82, 2.24) is 4.90 Å². The van der Waals surface area contributed by atoms with E-state index in [0.29, 0.717) is 28.5 Å². The maximum absolute atomic E-state index is 13.2. The number of hydrogen-bond acceptors (Lipinski definition) is 5. The van der Waals surface area contributed by atoms with Gasteiger partial charge in [0.2, 0.25) is 0 Å². The summed E-state index contributed by atoms with van der Waals surface area (Å²) in [7, 11) is 3.13. The van der Waals surface area contributed by atoms with E-state index < -0.39 is 17.7 Å². The third-order valence-electron chi connectivity index (χ3n) is 6.10. The molecule has 1 saturated heterocycles. The number of carbonyl (C=O) groups is 2. The van der Waals surface area contributed by atoms with Gasteiger partial charge in [0, 0.05) is 17.1 Å². The van der Waals surface area contributed by atoms with Crippen LogP contribution in [0.1, 0.15) is 28.3 Å². The fourth-order valence-corrected chi connectivity index (χ4v) is 4.47. The number of aliphatic hydroxyl groups is 1. The molecule has 7 heteroatoms. The highest BCUT2D eigenvalue weighted by atomic mass is 35.5. The van der Waals surface area contributed by atoms with E-state index in [1.165, 1.54) is 4.90 Å². The minimum Gasteiger partial charge on any atom is -0.507 e. The van der Waals surface area contributed by atoms with Crippen LogP contribution in [-0.2, 0) is 16.0 Å². The van der Waals surface area contributed by atoms with Gasteiger partial charge in [-0.1, -0.05) is 47.5 Å². The van der Waals surface area contributed by atoms with Gasteiger partial charge in [-0.2, -0.15) is 0 Å². The number of amides is 1. The third kappa shape index (κ3) is 4.88. The number of hydrogen-bond donors (Lipinski definition) is 1. The Balaban J connectivity index is 1.74. The van der Waals surface area contributed by atoms with E-state index in [0.717, 1.165) is 16.7 Å². The molecule has 1 fully saturated rings. The van der Waals surface area contributed by atoms with Gasteiger partial charge in [-0.05, 0) is 60.9 Å². The average molecular weight is 492 g/mol. The molecule has 35 heavy (non-hydrogen) atoms. The number of ketones is 1. The molecule has 3 aromatic rings. The van der Waals surface area contributed by atoms with Gasteiger partial charge in [-0.3, -0.25) is 9.59 Å². The Labute approximate surface area is 209 Å². The molecule has 1 atom stereocenters. The minimum atomic E-state index is -0.717. The first-order valence-electron chi connectivity index (χ1n) is 11.2. The smallest absolute Gasteiger partial charge is 0.295 e. The molecule has 6 nitrogen and oxygen atoms in total. The van der Waals surface area contributed by atoms with E-state index in [4.69, 9.17) is 21.1 Å². The lowest BCUT2D eigenvalue weighted by Crippen LogP contribution is -2.31. The van der Waals surface area contributed by atoms with Crippen LogP contribution in [0.5, 0.6) is 11.5 Å². The van der Waals surface area contributed by atoms with Gasteiger partial charge in [-0.25, -0.2) is 0 Å². The van der Waals surface area contributed by atoms with E-state index in [9.17, 15) is 14.7 Å². The van der Waals surface area contributed by atoms with E-state index in [1.807, 2.05) is 43.3 Å². The molecule has 1 unspecified atom stereocenters. The second-order valence-electron chi connectivity index (χ2n) is 8.35. The molecular formula is C28H26ClNO5. The number of ether oxygens (including phenoxy) is 2. The van der Waals surface area contributed by atoms with Crippen molar-refractivity contribution in [2.45, 2.75) is 19.4 Å². The summed E-state index contributed by atoms with van der Waals surface area (Å²) in [6.45, 7) is 2.22. The molecule has 1 aliphatic heterocycles. The summed E-state index contributed by atoms with van der Waals surface area (Å²) in [4.78, 5) is 27.9. The van der Waals surface area contributed by atoms with Gasteiger partial charge < -0.3 is 19.5 Å². The van der Waals surface area contributed by atoms with Crippen molar-refractivity contribution in [3.63, 3.8) is 0 Å². The topological polar surface area (TPSA) is 76.1 Å². The molecule has 0 radical (unpaired) electrons. The number of nitrogens with zero attached hydrogens (tertiary/aromatic N) is 1. The molecule has 1 N–H and O–H groups in total. The first-order chi connectivity index (χ1) is 16.8. The highest BCUT2D eigenvalue weighted by Crippen LogP contribution is 2.40. The van der Waals surface area contributed by atoms with Crippen molar-refractivity contribution < 1.29 is 24.2 Å². The van der Waals surface area contributed by atoms with Crippen LogP contribution in [0.4, 0.5) is 0 Å². The first-order valence-corrected chi connectivity index (χ1v) is 11.5. The van der Waals surface area contributed by atoms with Crippen LogP contribution in [0.15, 0.2) is 72.3 Å². The zero-order valence-corrected chi connectivity index (χ0v) is 20.5. The Morgan fingerprint density at radius 1 is 0.971 bits per heavy atom. The molecular weight excluding hydrogens is 466 g/mol. The SMILES string of the molecule is COc1ccc(CCN2C(=O)C(=O)/C(=C(/O)c3ccc(Cl)cc3)C2c2cccc(C)c2)cc1OC. The monoisotopic (exact) mass is 491 g/mol. The predicted molar refractivity (Wildman–Crippen MR) is 135 cm³/mol. The van der Waals surface area contributed by atoms with Crippen molar-refractivity contribution in [1.29, 1.82) is 0 Å². The third-order valence-corrected chi connectivity index (χ3v) is 6.36. The quantitative estimate of drug-likeness (QED) is 0.274. The fourth-order valence-electron chi connectivity index (χ4n) is 4.35. The number of likely N-dealkylation sites (tertiary alicyclic amines) is 1. The summed E-state index contributed by atoms with van der Waals surface area (Å²) in [5, 5.41) is 11.6. The van der Waals surface area contributed by atoms with Crippen molar-refractivity contribution in [3.8, 4) is 11.5 Å². The Morgan fingerprint density at radius 3 is 2.34 bits per heavy atom. The summed E-state index contributed by atoms with van der Waals surface area (Å²) in [5.41, 5.74) is 3.15. The van der Waals surface area contributed by atoms with Gasteiger partial charge in [0.25, 0.3) is 11.7 Å². The summed E-state index contributed by atoms with van der Waals surface area (Å²) >= 11 is 5.99. The Morgan fingerprint density at radius 2 is 1.69 bits per heavy atom. The molecule has 180 valence electrons. The zero-order valence-electron chi connectivity index (χ0n) is 19.7. The Hall–Kier alpha value is -3.77. The first kappa shape index (κ1) is 24.4. The van der Waals surface area contributed by atoms with Crippen LogP contribution in [0.25, 0.3) is 5.76 Å². The van der Waals surface area contributed by atoms with Gasteiger partial charge in [0.1, 0.15) is 5.76 Å². The maximum Gasteiger partial charge on any atom is 0.295 e. The van der Waals surface area contributed by atoms with Crippen molar-refractivity contribution >= 4 is 29.1 Å². The summed E-state index contributed by atoms with van der Waals surface area (Å²) in [6, 6.07) is 19.0. The predicted octanol–water partition coefficient (Wildman–Crippen LogP) is 5.33. The van der Waals surface area contributed by atoms with Gasteiger partial charge in [0.05, 0.1) is 25.8 Å². The van der Waals surface area contributed by atoms with E-state index in [2.05, 4.69) is 0 Å². The summed E-state index contributed by atoms with van der Waals surface area (Å²) < 4.78 is 10.7. The van der Waals surface area contributed by atoms with E-state index >= 15 is 0 Å². The van der Waals surface area contributed by atoms with Crippen LogP contribution < -0.4 is 9.47 Å². The lowest BCUT2D eigenvalue weighted by atomic mass is 9.94. The van der Waals surface area contributed by atoms with Gasteiger partial charge in [0.15, 0.2) is 11.5 Å². The highest BCUT2D eigenvalue weighted by Gasteiger charge is 2.45. The summed E-state index contributed by atoms with van der Waals surface area (Å²) in [5.74, 6) is -0.381. The van der Waals surface area contributed by atoms with Gasteiger partial charge >= 0.3 is 0 Å². The number of aliphatic hydroxyl groups excluding tert-OH is 1. The van der Waals surface area contributed by atoms with Crippen molar-refractivity contribution in [2.75, 3.05) is 20.8 Å². The normalized spacial score (nSPS) is 17.0. The number of rotatable bonds is 7. The Bertz CT molecular complexity index is 1300. The van der Waals surface area contributed by atoms with E-state index in [-0.39, 0.29) is 17.9 Å². The molecule has 1 aliphatic rings. The number of carbonyl (C=O) groups excluding carboxylic acids is 2. The standard InChI is InChI=1S/C28H26ClNO5/c1-17-5-4-6-20(15-17)25-24(26(31)19-8-10-21(29)11-9-19)27(32)28(33)30(25)14-13-18-7-12-22(34-2)23(16-18)35-3/h4-12,15-16,25,31H,13-14H2,1-3H3/b26-24+. The number of methoxy groups -OCH3 is 2. The summed E-state index contributed by atoms with van der Waals surface area (Å²) in [6.07, 6.45) is 0.483. The average Bonchev–Trinajstić information content (AvgIpc) is 3.12. The van der Waals surface area contributed by atoms with Crippen LogP contribution in [0.3, 0.4) is 0 Å². The van der Waals surface area contributed by atoms with Crippen LogP contribution in [0.2, 0.25) is 5.02 Å². The van der Waals surface area contributed by atoms with Crippen molar-refractivity contribution in [3.05, 3.63) is 99.6 Å². The van der Waals surface area contributed by atoms with Crippen LogP contribution in [-0.4, -0.2) is 42.5 Å². The molecule has 0 aliphatic carbocycles. The Kier molecular flexibility index (Phi) is 7.12. The van der Waals surface area contributed by atoms with Gasteiger partial charge in [-0.15, -0.1) is 0 Å². The molecule has 1 amide bonds. The van der Waals surface area contributed by atoms with E-state index in [1.54, 1.807) is 44.6 Å². The molecule has 0 spiro atoms. The lowest BCUT2D eigenvalue weighted by Gasteiger charge is -2.26. The second-order valence-corrected chi connectivity index (χ2v) is 8.79. The van der Waals surface area contributed by atoms with Crippen LogP contribution in [0, 0.1) is 6.92 Å². The highest BCUT2D eigenvalue weighted by molar-refractivity contribution is 6.46. The second kappa shape index (κ2) is 10.2.